The summed E-state index contributed by atoms with van der Waals surface area (Å²) in [5.74, 6) is 0. The first-order valence-electron chi connectivity index (χ1n) is 9.55. The molecule has 0 saturated carbocycles. The summed E-state index contributed by atoms with van der Waals surface area (Å²) in [6, 6.07) is 18.0. The molecule has 0 N–H and O–H groups in total. The van der Waals surface area contributed by atoms with Gasteiger partial charge in [-0.05, 0) is 46.7 Å². The lowest BCUT2D eigenvalue weighted by atomic mass is 9.98. The van der Waals surface area contributed by atoms with Gasteiger partial charge in [0.2, 0.25) is 4.21 Å². The number of rotatable bonds is 5. The minimum atomic E-state index is -3.36. The summed E-state index contributed by atoms with van der Waals surface area (Å²) in [6.07, 6.45) is 0. The Bertz CT molecular complexity index is 1030. The van der Waals surface area contributed by atoms with Crippen molar-refractivity contribution in [2.45, 2.75) is 17.7 Å². The molecule has 1 aromatic heterocycles. The molecule has 0 amide bonds. The van der Waals surface area contributed by atoms with Crippen LogP contribution in [0.1, 0.15) is 11.1 Å². The van der Waals surface area contributed by atoms with Gasteiger partial charge in [0.05, 0.1) is 13.1 Å². The average molecular weight is 447 g/mol. The number of hydrogen-bond acceptors (Lipinski definition) is 4. The Morgan fingerprint density at radius 1 is 1.07 bits per heavy atom. The molecule has 1 unspecified atom stereocenters. The lowest BCUT2D eigenvalue weighted by Crippen LogP contribution is -2.50. The van der Waals surface area contributed by atoms with E-state index in [1.165, 1.54) is 22.5 Å². The molecule has 0 bridgehead atoms. The Morgan fingerprint density at radius 2 is 1.83 bits per heavy atom. The second-order valence-corrected chi connectivity index (χ2v) is 10.8. The zero-order valence-electron chi connectivity index (χ0n) is 16.2. The molecule has 1 aliphatic rings. The van der Waals surface area contributed by atoms with Gasteiger partial charge in [-0.25, -0.2) is 0 Å². The lowest BCUT2D eigenvalue weighted by Gasteiger charge is -2.35. The van der Waals surface area contributed by atoms with Gasteiger partial charge in [0.25, 0.3) is 0 Å². The fourth-order valence-corrected chi connectivity index (χ4v) is 6.35. The maximum absolute atomic E-state index is 12.7. The van der Waals surface area contributed by atoms with Crippen LogP contribution in [0.4, 0.5) is 0 Å². The number of nitrogens with zero attached hydrogens (tertiary/aromatic N) is 2. The first kappa shape index (κ1) is 20.7. The molecule has 1 fully saturated rings. The van der Waals surface area contributed by atoms with Crippen LogP contribution in [0.5, 0.6) is 0 Å². The molecule has 1 saturated heterocycles. The van der Waals surface area contributed by atoms with E-state index in [2.05, 4.69) is 23.1 Å². The molecule has 0 spiro atoms. The quantitative estimate of drug-likeness (QED) is 0.512. The third kappa shape index (κ3) is 4.48. The van der Waals surface area contributed by atoms with Crippen LogP contribution in [0.25, 0.3) is 11.1 Å². The van der Waals surface area contributed by atoms with E-state index in [1.807, 2.05) is 31.2 Å². The van der Waals surface area contributed by atoms with Crippen LogP contribution < -0.4 is 0 Å². The number of piperazine rings is 1. The molecule has 152 valence electrons. The summed E-state index contributed by atoms with van der Waals surface area (Å²) in [5, 5.41) is 2.57. The number of hydrogen-bond donors (Lipinski definition) is 0. The summed E-state index contributed by atoms with van der Waals surface area (Å²) in [6.45, 7) is 5.25. The number of benzene rings is 2. The van der Waals surface area contributed by atoms with Crippen LogP contribution in [-0.2, 0) is 21.2 Å². The van der Waals surface area contributed by atoms with Crippen molar-refractivity contribution in [1.29, 1.82) is 0 Å². The van der Waals surface area contributed by atoms with E-state index in [0.717, 1.165) is 22.7 Å². The lowest BCUT2D eigenvalue weighted by molar-refractivity contribution is 0.175. The maximum atomic E-state index is 12.7. The number of aryl methyl sites for hydroxylation is 1. The van der Waals surface area contributed by atoms with Crippen LogP contribution in [0.3, 0.4) is 0 Å². The van der Waals surface area contributed by atoms with Crippen molar-refractivity contribution >= 4 is 33.3 Å². The Labute approximate surface area is 182 Å². The highest BCUT2D eigenvalue weighted by Gasteiger charge is 2.34. The highest BCUT2D eigenvalue weighted by atomic mass is 35.5. The Balaban J connectivity index is 1.46. The van der Waals surface area contributed by atoms with E-state index in [-0.39, 0.29) is 0 Å². The molecule has 1 atom stereocenters. The van der Waals surface area contributed by atoms with Gasteiger partial charge in [0, 0.05) is 30.7 Å². The van der Waals surface area contributed by atoms with Crippen LogP contribution in [0.2, 0.25) is 5.02 Å². The maximum Gasteiger partial charge on any atom is 0.229 e. The Kier molecular flexibility index (Phi) is 6.20. The van der Waals surface area contributed by atoms with Crippen LogP contribution >= 0.6 is 22.9 Å². The fourth-order valence-electron chi connectivity index (χ4n) is 3.61. The molecule has 4 rings (SSSR count). The predicted octanol–water partition coefficient (Wildman–Crippen LogP) is 5.10. The highest BCUT2D eigenvalue weighted by molar-refractivity contribution is 7.97. The second-order valence-electron chi connectivity index (χ2n) is 7.23. The van der Waals surface area contributed by atoms with E-state index < -0.39 is 10.4 Å². The number of thiophene rings is 1. The molecule has 2 aromatic carbocycles. The van der Waals surface area contributed by atoms with Gasteiger partial charge >= 0.3 is 0 Å². The van der Waals surface area contributed by atoms with E-state index in [4.69, 9.17) is 11.6 Å². The monoisotopic (exact) mass is 446 g/mol. The van der Waals surface area contributed by atoms with Crippen molar-refractivity contribution < 1.29 is 8.76 Å². The minimum Gasteiger partial charge on any atom is -0.592 e. The minimum absolute atomic E-state index is 0.424. The molecular formula is C22H23ClN2O2S2. The second kappa shape index (κ2) is 8.68. The van der Waals surface area contributed by atoms with Gasteiger partial charge in [-0.2, -0.15) is 0 Å². The fraction of sp³-hybridized carbons (Fsp3) is 0.273. The molecule has 0 radical (unpaired) electrons. The molecule has 2 heterocycles. The first-order valence-corrected chi connectivity index (χ1v) is 12.3. The summed E-state index contributed by atoms with van der Waals surface area (Å²) in [4.78, 5) is 2.31. The molecule has 7 heteroatoms. The molecular weight excluding hydrogens is 424 g/mol. The van der Waals surface area contributed by atoms with Crippen molar-refractivity contribution in [2.75, 3.05) is 26.2 Å². The SMILES string of the molecule is Cc1ccc(-c2ccccc2CN2CCN([S+](=O)([O-])c3cccs3)CC2)cc1Cl. The first-order chi connectivity index (χ1) is 13.9. The third-order valence-corrected chi connectivity index (χ3v) is 8.99. The zero-order chi connectivity index (χ0) is 20.4. The summed E-state index contributed by atoms with van der Waals surface area (Å²) >= 11 is 7.61. The molecule has 29 heavy (non-hydrogen) atoms. The zero-order valence-corrected chi connectivity index (χ0v) is 18.6. The van der Waals surface area contributed by atoms with Gasteiger partial charge in [-0.1, -0.05) is 63.5 Å². The van der Waals surface area contributed by atoms with Crippen molar-refractivity contribution in [2.24, 2.45) is 0 Å². The van der Waals surface area contributed by atoms with E-state index in [1.54, 1.807) is 21.8 Å². The number of halogens is 1. The normalized spacial score (nSPS) is 17.9. The van der Waals surface area contributed by atoms with Crippen molar-refractivity contribution in [3.8, 4) is 11.1 Å². The predicted molar refractivity (Wildman–Crippen MR) is 120 cm³/mol. The average Bonchev–Trinajstić information content (AvgIpc) is 3.27. The largest absolute Gasteiger partial charge is 0.592 e. The van der Waals surface area contributed by atoms with Gasteiger partial charge < -0.3 is 4.55 Å². The van der Waals surface area contributed by atoms with Crippen LogP contribution in [0, 0.1) is 6.92 Å². The van der Waals surface area contributed by atoms with Gasteiger partial charge in [-0.3, -0.25) is 4.90 Å². The van der Waals surface area contributed by atoms with E-state index >= 15 is 0 Å². The molecule has 4 nitrogen and oxygen atoms in total. The van der Waals surface area contributed by atoms with Crippen molar-refractivity contribution in [3.05, 3.63) is 76.1 Å². The molecule has 0 aliphatic carbocycles. The van der Waals surface area contributed by atoms with E-state index in [0.29, 0.717) is 30.4 Å². The van der Waals surface area contributed by atoms with Gasteiger partial charge in [0.1, 0.15) is 0 Å². The summed E-state index contributed by atoms with van der Waals surface area (Å²) in [5.41, 5.74) is 4.57. The number of sulfonamides is 1. The molecule has 3 aromatic rings. The topological polar surface area (TPSA) is 46.6 Å². The summed E-state index contributed by atoms with van der Waals surface area (Å²) in [7, 11) is -3.36. The molecule has 1 aliphatic heterocycles. The van der Waals surface area contributed by atoms with Crippen LogP contribution in [0.15, 0.2) is 64.2 Å². The van der Waals surface area contributed by atoms with E-state index in [9.17, 15) is 8.76 Å². The standard InChI is InChI=1S/C22H23ClN2O2S2/c1-17-8-9-18(15-21(17)23)20-6-3-2-5-19(20)16-24-10-12-25(13-11-24)29(26,27)22-7-4-14-28-22/h2-9,14-15H,10-13,16H2,1H3. The van der Waals surface area contributed by atoms with Crippen molar-refractivity contribution in [3.63, 3.8) is 0 Å². The Morgan fingerprint density at radius 3 is 2.52 bits per heavy atom. The van der Waals surface area contributed by atoms with Gasteiger partial charge in [0.15, 0.2) is 10.4 Å². The summed E-state index contributed by atoms with van der Waals surface area (Å²) < 4.78 is 27.5. The Hall–Kier alpha value is -1.54. The highest BCUT2D eigenvalue weighted by Crippen LogP contribution is 2.30. The smallest absolute Gasteiger partial charge is 0.229 e. The van der Waals surface area contributed by atoms with Crippen molar-refractivity contribution in [1.82, 2.24) is 9.21 Å². The van der Waals surface area contributed by atoms with Gasteiger partial charge in [-0.15, -0.1) is 4.31 Å². The van der Waals surface area contributed by atoms with Crippen LogP contribution in [-0.4, -0.2) is 39.9 Å². The third-order valence-electron chi connectivity index (χ3n) is 5.31.